The molecule has 1 aliphatic rings. The van der Waals surface area contributed by atoms with Gasteiger partial charge in [-0.1, -0.05) is 6.92 Å². The Kier molecular flexibility index (Phi) is 4.35. The quantitative estimate of drug-likeness (QED) is 0.677. The summed E-state index contributed by atoms with van der Waals surface area (Å²) in [6.45, 7) is 6.24. The first-order valence-corrected chi connectivity index (χ1v) is 5.35. The van der Waals surface area contributed by atoms with Gasteiger partial charge in [-0.3, -0.25) is 9.69 Å². The summed E-state index contributed by atoms with van der Waals surface area (Å²) in [5, 5.41) is 0. The lowest BCUT2D eigenvalue weighted by Gasteiger charge is -2.35. The Labute approximate surface area is 85.4 Å². The van der Waals surface area contributed by atoms with Crippen LogP contribution in [-0.2, 0) is 9.53 Å². The zero-order valence-corrected chi connectivity index (χ0v) is 9.03. The topological polar surface area (TPSA) is 55.6 Å². The summed E-state index contributed by atoms with van der Waals surface area (Å²) < 4.78 is 4.99. The summed E-state index contributed by atoms with van der Waals surface area (Å²) in [4.78, 5) is 13.6. The van der Waals surface area contributed by atoms with Crippen molar-refractivity contribution in [1.82, 2.24) is 4.90 Å². The van der Waals surface area contributed by atoms with E-state index in [1.54, 1.807) is 0 Å². The molecule has 0 aromatic rings. The Hall–Kier alpha value is -0.610. The lowest BCUT2D eigenvalue weighted by Crippen LogP contribution is -2.49. The van der Waals surface area contributed by atoms with E-state index in [1.807, 2.05) is 6.92 Å². The molecule has 1 fully saturated rings. The molecule has 1 saturated heterocycles. The number of piperidine rings is 1. The van der Waals surface area contributed by atoms with Crippen LogP contribution < -0.4 is 5.73 Å². The van der Waals surface area contributed by atoms with Crippen molar-refractivity contribution in [3.8, 4) is 0 Å². The number of ether oxygens (including phenoxy) is 1. The molecule has 0 amide bonds. The summed E-state index contributed by atoms with van der Waals surface area (Å²) >= 11 is 0. The standard InChI is InChI=1S/C10H20N2O2/c1-3-12-6-5-8(7-9(12)11)10(13)14-4-2/h8-9H,3-7,11H2,1-2H3. The van der Waals surface area contributed by atoms with Crippen molar-refractivity contribution in [2.45, 2.75) is 32.9 Å². The van der Waals surface area contributed by atoms with Crippen LogP contribution >= 0.6 is 0 Å². The fourth-order valence-electron chi connectivity index (χ4n) is 1.91. The minimum Gasteiger partial charge on any atom is -0.466 e. The first-order chi connectivity index (χ1) is 6.69. The number of esters is 1. The largest absolute Gasteiger partial charge is 0.466 e. The second kappa shape index (κ2) is 5.32. The van der Waals surface area contributed by atoms with E-state index in [4.69, 9.17) is 10.5 Å². The van der Waals surface area contributed by atoms with E-state index in [0.29, 0.717) is 6.61 Å². The minimum atomic E-state index is -0.0845. The molecule has 0 aromatic carbocycles. The smallest absolute Gasteiger partial charge is 0.309 e. The normalized spacial score (nSPS) is 28.8. The lowest BCUT2D eigenvalue weighted by atomic mass is 9.95. The maximum absolute atomic E-state index is 11.4. The number of likely N-dealkylation sites (tertiary alicyclic amines) is 1. The second-order valence-corrected chi connectivity index (χ2v) is 3.67. The molecule has 1 aliphatic heterocycles. The fourth-order valence-corrected chi connectivity index (χ4v) is 1.91. The van der Waals surface area contributed by atoms with E-state index >= 15 is 0 Å². The van der Waals surface area contributed by atoms with E-state index in [9.17, 15) is 4.79 Å². The fraction of sp³-hybridized carbons (Fsp3) is 0.900. The Morgan fingerprint density at radius 3 is 2.79 bits per heavy atom. The van der Waals surface area contributed by atoms with Crippen LogP contribution in [0.1, 0.15) is 26.7 Å². The van der Waals surface area contributed by atoms with Gasteiger partial charge in [-0.2, -0.15) is 0 Å². The highest BCUT2D eigenvalue weighted by atomic mass is 16.5. The maximum atomic E-state index is 11.4. The highest BCUT2D eigenvalue weighted by Gasteiger charge is 2.29. The average molecular weight is 200 g/mol. The predicted molar refractivity (Wildman–Crippen MR) is 54.6 cm³/mol. The van der Waals surface area contributed by atoms with Gasteiger partial charge >= 0.3 is 5.97 Å². The average Bonchev–Trinajstić information content (AvgIpc) is 2.18. The predicted octanol–water partition coefficient (Wildman–Crippen LogP) is 0.566. The van der Waals surface area contributed by atoms with Crippen molar-refractivity contribution in [3.63, 3.8) is 0 Å². The van der Waals surface area contributed by atoms with Crippen LogP contribution in [0.2, 0.25) is 0 Å². The van der Waals surface area contributed by atoms with Gasteiger partial charge in [0.25, 0.3) is 0 Å². The molecule has 14 heavy (non-hydrogen) atoms. The molecule has 0 bridgehead atoms. The summed E-state index contributed by atoms with van der Waals surface area (Å²) in [5.74, 6) is -0.0774. The number of nitrogens with two attached hydrogens (primary N) is 1. The maximum Gasteiger partial charge on any atom is 0.309 e. The Morgan fingerprint density at radius 1 is 1.57 bits per heavy atom. The molecule has 0 radical (unpaired) electrons. The van der Waals surface area contributed by atoms with E-state index in [1.165, 1.54) is 0 Å². The highest BCUT2D eigenvalue weighted by Crippen LogP contribution is 2.21. The number of hydrogen-bond acceptors (Lipinski definition) is 4. The zero-order valence-electron chi connectivity index (χ0n) is 9.03. The van der Waals surface area contributed by atoms with Crippen LogP contribution in [0.4, 0.5) is 0 Å². The highest BCUT2D eigenvalue weighted by molar-refractivity contribution is 5.72. The van der Waals surface area contributed by atoms with Crippen LogP contribution in [0, 0.1) is 5.92 Å². The molecular weight excluding hydrogens is 180 g/mol. The number of hydrogen-bond donors (Lipinski definition) is 1. The van der Waals surface area contributed by atoms with Gasteiger partial charge < -0.3 is 10.5 Å². The monoisotopic (exact) mass is 200 g/mol. The van der Waals surface area contributed by atoms with Gasteiger partial charge in [0, 0.05) is 6.54 Å². The number of carbonyl (C=O) groups excluding carboxylic acids is 1. The van der Waals surface area contributed by atoms with Gasteiger partial charge in [0.1, 0.15) is 0 Å². The molecule has 82 valence electrons. The molecule has 1 rings (SSSR count). The molecule has 2 unspecified atom stereocenters. The number of nitrogens with zero attached hydrogens (tertiary/aromatic N) is 1. The minimum absolute atomic E-state index is 0.00718. The van der Waals surface area contributed by atoms with Crippen LogP contribution in [-0.4, -0.2) is 36.7 Å². The van der Waals surface area contributed by atoms with E-state index in [2.05, 4.69) is 11.8 Å². The number of carbonyl (C=O) groups is 1. The van der Waals surface area contributed by atoms with Crippen LogP contribution in [0.3, 0.4) is 0 Å². The third-order valence-corrected chi connectivity index (χ3v) is 2.79. The molecular formula is C10H20N2O2. The van der Waals surface area contributed by atoms with Crippen molar-refractivity contribution in [2.24, 2.45) is 11.7 Å². The molecule has 2 atom stereocenters. The van der Waals surface area contributed by atoms with Crippen LogP contribution in [0.5, 0.6) is 0 Å². The Morgan fingerprint density at radius 2 is 2.29 bits per heavy atom. The summed E-state index contributed by atoms with van der Waals surface area (Å²) in [6, 6.07) is 0. The molecule has 0 aliphatic carbocycles. The van der Waals surface area contributed by atoms with Crippen molar-refractivity contribution < 1.29 is 9.53 Å². The van der Waals surface area contributed by atoms with Crippen molar-refractivity contribution in [3.05, 3.63) is 0 Å². The van der Waals surface area contributed by atoms with Crippen molar-refractivity contribution in [1.29, 1.82) is 0 Å². The first-order valence-electron chi connectivity index (χ1n) is 5.35. The second-order valence-electron chi connectivity index (χ2n) is 3.67. The third kappa shape index (κ3) is 2.69. The number of rotatable bonds is 3. The van der Waals surface area contributed by atoms with E-state index < -0.39 is 0 Å². The molecule has 0 aromatic heterocycles. The van der Waals surface area contributed by atoms with Gasteiger partial charge in [0.05, 0.1) is 18.7 Å². The van der Waals surface area contributed by atoms with Gasteiger partial charge in [-0.05, 0) is 26.3 Å². The molecule has 4 heteroatoms. The van der Waals surface area contributed by atoms with E-state index in [-0.39, 0.29) is 18.1 Å². The van der Waals surface area contributed by atoms with Crippen molar-refractivity contribution >= 4 is 5.97 Å². The summed E-state index contributed by atoms with van der Waals surface area (Å²) in [6.07, 6.45) is 1.62. The van der Waals surface area contributed by atoms with Gasteiger partial charge in [0.2, 0.25) is 0 Å². The zero-order chi connectivity index (χ0) is 10.6. The van der Waals surface area contributed by atoms with Gasteiger partial charge in [-0.15, -0.1) is 0 Å². The SMILES string of the molecule is CCOC(=O)C1CCN(CC)C(N)C1. The Balaban J connectivity index is 2.41. The molecule has 2 N–H and O–H groups in total. The molecule has 1 heterocycles. The van der Waals surface area contributed by atoms with Crippen LogP contribution in [0.25, 0.3) is 0 Å². The van der Waals surface area contributed by atoms with Crippen molar-refractivity contribution in [2.75, 3.05) is 19.7 Å². The lowest BCUT2D eigenvalue weighted by molar-refractivity contribution is -0.150. The third-order valence-electron chi connectivity index (χ3n) is 2.79. The first kappa shape index (κ1) is 11.5. The molecule has 4 nitrogen and oxygen atoms in total. The van der Waals surface area contributed by atoms with Crippen LogP contribution in [0.15, 0.2) is 0 Å². The Bertz CT molecular complexity index is 197. The van der Waals surface area contributed by atoms with E-state index in [0.717, 1.165) is 25.9 Å². The molecule has 0 spiro atoms. The summed E-state index contributed by atoms with van der Waals surface area (Å²) in [5.41, 5.74) is 5.93. The molecule has 0 saturated carbocycles. The summed E-state index contributed by atoms with van der Waals surface area (Å²) in [7, 11) is 0. The van der Waals surface area contributed by atoms with Gasteiger partial charge in [-0.25, -0.2) is 0 Å². The van der Waals surface area contributed by atoms with Gasteiger partial charge in [0.15, 0.2) is 0 Å².